The average molecular weight is 402 g/mol. The minimum absolute atomic E-state index is 0.194. The van der Waals surface area contributed by atoms with Crippen LogP contribution in [0.5, 0.6) is 5.75 Å². The molecule has 8 heteroatoms. The number of sulfonamides is 1. The number of rotatable bonds is 4. The van der Waals surface area contributed by atoms with Crippen molar-refractivity contribution in [1.29, 1.82) is 0 Å². The number of nitrogens with zero attached hydrogens (tertiary/aromatic N) is 1. The standard InChI is InChI=1S/C20H22N2O5S/c1-26-19-10-15-14-7-3-4-8-17(14)27-18(15)11-16(19)21-20(23)13-6-5-9-22(12-13)28(2,24)25/h3-4,7-8,10-11,13H,5-6,9,12H2,1-2H3,(H,21,23)/t13-/m0/s1. The second kappa shape index (κ2) is 7.10. The number of para-hydroxylation sites is 1. The molecule has 1 amide bonds. The van der Waals surface area contributed by atoms with Gasteiger partial charge in [0.05, 0.1) is 25.0 Å². The molecule has 7 nitrogen and oxygen atoms in total. The molecule has 0 spiro atoms. The van der Waals surface area contributed by atoms with Crippen LogP contribution in [-0.4, -0.2) is 45.1 Å². The first-order valence-electron chi connectivity index (χ1n) is 9.12. The van der Waals surface area contributed by atoms with Crippen LogP contribution < -0.4 is 10.1 Å². The van der Waals surface area contributed by atoms with E-state index in [1.165, 1.54) is 10.6 Å². The summed E-state index contributed by atoms with van der Waals surface area (Å²) in [6, 6.07) is 11.3. The van der Waals surface area contributed by atoms with Gasteiger partial charge >= 0.3 is 0 Å². The van der Waals surface area contributed by atoms with Gasteiger partial charge in [-0.2, -0.15) is 0 Å². The van der Waals surface area contributed by atoms with Crippen LogP contribution in [0.15, 0.2) is 40.8 Å². The molecule has 1 atom stereocenters. The lowest BCUT2D eigenvalue weighted by molar-refractivity contribution is -0.120. The predicted molar refractivity (Wildman–Crippen MR) is 108 cm³/mol. The Kier molecular flexibility index (Phi) is 4.76. The highest BCUT2D eigenvalue weighted by Gasteiger charge is 2.30. The molecule has 0 saturated carbocycles. The van der Waals surface area contributed by atoms with Gasteiger partial charge in [0.25, 0.3) is 0 Å². The maximum atomic E-state index is 12.8. The van der Waals surface area contributed by atoms with Crippen LogP contribution in [0.4, 0.5) is 5.69 Å². The molecule has 1 fully saturated rings. The van der Waals surface area contributed by atoms with Crippen molar-refractivity contribution in [3.63, 3.8) is 0 Å². The summed E-state index contributed by atoms with van der Waals surface area (Å²) in [7, 11) is -1.76. The van der Waals surface area contributed by atoms with E-state index in [0.717, 1.165) is 16.4 Å². The van der Waals surface area contributed by atoms with Gasteiger partial charge in [-0.25, -0.2) is 12.7 Å². The third-order valence-corrected chi connectivity index (χ3v) is 6.45. The number of furan rings is 1. The maximum absolute atomic E-state index is 12.8. The Balaban J connectivity index is 1.63. The molecule has 1 aromatic heterocycles. The molecule has 1 aliphatic rings. The summed E-state index contributed by atoms with van der Waals surface area (Å²) in [6.07, 6.45) is 2.48. The minimum Gasteiger partial charge on any atom is -0.495 e. The molecule has 0 unspecified atom stereocenters. The van der Waals surface area contributed by atoms with Gasteiger partial charge in [-0.15, -0.1) is 0 Å². The van der Waals surface area contributed by atoms with Gasteiger partial charge in [-0.05, 0) is 25.0 Å². The SMILES string of the molecule is COc1cc2c(cc1NC(=O)[C@H]1CCCN(S(C)(=O)=O)C1)oc1ccccc12. The Hall–Kier alpha value is -2.58. The highest BCUT2D eigenvalue weighted by molar-refractivity contribution is 7.88. The molecule has 0 radical (unpaired) electrons. The van der Waals surface area contributed by atoms with Crippen molar-refractivity contribution in [2.45, 2.75) is 12.8 Å². The lowest BCUT2D eigenvalue weighted by atomic mass is 9.98. The van der Waals surface area contributed by atoms with E-state index in [0.29, 0.717) is 36.4 Å². The Bertz CT molecular complexity index is 1150. The van der Waals surface area contributed by atoms with E-state index in [-0.39, 0.29) is 12.5 Å². The Labute approximate surface area is 163 Å². The van der Waals surface area contributed by atoms with Crippen molar-refractivity contribution >= 4 is 43.6 Å². The fraction of sp³-hybridized carbons (Fsp3) is 0.350. The zero-order valence-corrected chi connectivity index (χ0v) is 16.6. The van der Waals surface area contributed by atoms with Gasteiger partial charge in [0.15, 0.2) is 0 Å². The van der Waals surface area contributed by atoms with Gasteiger partial charge in [-0.1, -0.05) is 18.2 Å². The van der Waals surface area contributed by atoms with Gasteiger partial charge < -0.3 is 14.5 Å². The van der Waals surface area contributed by atoms with Crippen molar-refractivity contribution in [2.24, 2.45) is 5.92 Å². The molecule has 148 valence electrons. The summed E-state index contributed by atoms with van der Waals surface area (Å²) in [6.45, 7) is 0.650. The molecule has 0 bridgehead atoms. The highest BCUT2D eigenvalue weighted by atomic mass is 32.2. The first-order chi connectivity index (χ1) is 13.4. The quantitative estimate of drug-likeness (QED) is 0.724. The number of benzene rings is 2. The lowest BCUT2D eigenvalue weighted by Gasteiger charge is -2.30. The Morgan fingerprint density at radius 3 is 2.75 bits per heavy atom. The number of carbonyl (C=O) groups is 1. The monoisotopic (exact) mass is 402 g/mol. The second-order valence-corrected chi connectivity index (χ2v) is 9.08. The number of nitrogens with one attached hydrogen (secondary N) is 1. The maximum Gasteiger partial charge on any atom is 0.228 e. The number of ether oxygens (including phenoxy) is 1. The third-order valence-electron chi connectivity index (χ3n) is 5.18. The summed E-state index contributed by atoms with van der Waals surface area (Å²) < 4.78 is 36.3. The molecule has 3 aromatic rings. The van der Waals surface area contributed by atoms with E-state index in [4.69, 9.17) is 9.15 Å². The van der Waals surface area contributed by atoms with Crippen molar-refractivity contribution in [3.8, 4) is 5.75 Å². The summed E-state index contributed by atoms with van der Waals surface area (Å²) in [5.74, 6) is -0.0927. The van der Waals surface area contributed by atoms with E-state index in [2.05, 4.69) is 5.32 Å². The molecule has 4 rings (SSSR count). The molecule has 1 saturated heterocycles. The van der Waals surface area contributed by atoms with Gasteiger partial charge in [0.2, 0.25) is 15.9 Å². The summed E-state index contributed by atoms with van der Waals surface area (Å²) in [5, 5.41) is 4.78. The van der Waals surface area contributed by atoms with Gasteiger partial charge in [0, 0.05) is 29.9 Å². The summed E-state index contributed by atoms with van der Waals surface area (Å²) in [4.78, 5) is 12.8. The highest BCUT2D eigenvalue weighted by Crippen LogP contribution is 2.36. The van der Waals surface area contributed by atoms with Crippen LogP contribution in [0.25, 0.3) is 21.9 Å². The fourth-order valence-electron chi connectivity index (χ4n) is 3.71. The predicted octanol–water partition coefficient (Wildman–Crippen LogP) is 3.20. The number of amides is 1. The van der Waals surface area contributed by atoms with Gasteiger partial charge in [0.1, 0.15) is 16.9 Å². The molecule has 1 aliphatic heterocycles. The molecule has 2 aromatic carbocycles. The molecule has 28 heavy (non-hydrogen) atoms. The van der Waals surface area contributed by atoms with Crippen LogP contribution in [-0.2, 0) is 14.8 Å². The van der Waals surface area contributed by atoms with Crippen LogP contribution in [0, 0.1) is 5.92 Å². The smallest absolute Gasteiger partial charge is 0.228 e. The average Bonchev–Trinajstić information content (AvgIpc) is 3.04. The first-order valence-corrected chi connectivity index (χ1v) is 11.0. The van der Waals surface area contributed by atoms with E-state index in [1.54, 1.807) is 13.2 Å². The molecular weight excluding hydrogens is 380 g/mol. The fourth-order valence-corrected chi connectivity index (χ4v) is 4.62. The van der Waals surface area contributed by atoms with Crippen molar-refractivity contribution < 1.29 is 22.4 Å². The van der Waals surface area contributed by atoms with E-state index < -0.39 is 15.9 Å². The number of hydrogen-bond donors (Lipinski definition) is 1. The number of carbonyl (C=O) groups excluding carboxylic acids is 1. The normalized spacial score (nSPS) is 18.4. The third kappa shape index (κ3) is 3.45. The number of methoxy groups -OCH3 is 1. The zero-order valence-electron chi connectivity index (χ0n) is 15.8. The van der Waals surface area contributed by atoms with E-state index in [1.807, 2.05) is 30.3 Å². The largest absolute Gasteiger partial charge is 0.495 e. The van der Waals surface area contributed by atoms with Crippen molar-refractivity contribution in [1.82, 2.24) is 4.31 Å². The second-order valence-electron chi connectivity index (χ2n) is 7.10. The number of fused-ring (bicyclic) bond motifs is 3. The van der Waals surface area contributed by atoms with E-state index in [9.17, 15) is 13.2 Å². The summed E-state index contributed by atoms with van der Waals surface area (Å²) >= 11 is 0. The molecule has 2 heterocycles. The van der Waals surface area contributed by atoms with Gasteiger partial charge in [-0.3, -0.25) is 4.79 Å². The lowest BCUT2D eigenvalue weighted by Crippen LogP contribution is -2.43. The van der Waals surface area contributed by atoms with Crippen LogP contribution in [0.2, 0.25) is 0 Å². The number of piperidine rings is 1. The first kappa shape index (κ1) is 18.8. The van der Waals surface area contributed by atoms with Crippen molar-refractivity contribution in [2.75, 3.05) is 31.8 Å². The molecule has 1 N–H and O–H groups in total. The minimum atomic E-state index is -3.31. The van der Waals surface area contributed by atoms with Crippen LogP contribution >= 0.6 is 0 Å². The molecule has 0 aliphatic carbocycles. The Morgan fingerprint density at radius 1 is 1.21 bits per heavy atom. The zero-order chi connectivity index (χ0) is 19.9. The van der Waals surface area contributed by atoms with Crippen LogP contribution in [0.3, 0.4) is 0 Å². The van der Waals surface area contributed by atoms with Crippen LogP contribution in [0.1, 0.15) is 12.8 Å². The van der Waals surface area contributed by atoms with E-state index >= 15 is 0 Å². The topological polar surface area (TPSA) is 88.9 Å². The number of hydrogen-bond acceptors (Lipinski definition) is 5. The molecular formula is C20H22N2O5S. The van der Waals surface area contributed by atoms with Crippen molar-refractivity contribution in [3.05, 3.63) is 36.4 Å². The summed E-state index contributed by atoms with van der Waals surface area (Å²) in [5.41, 5.74) is 1.92. The Morgan fingerprint density at radius 2 is 2.00 bits per heavy atom. The number of anilines is 1.